The molecule has 0 aliphatic heterocycles. The van der Waals surface area contributed by atoms with E-state index in [1.165, 1.54) is 11.6 Å². The van der Waals surface area contributed by atoms with Gasteiger partial charge in [0.15, 0.2) is 5.84 Å². The maximum Gasteiger partial charge on any atom is 0.417 e. The minimum Gasteiger partial charge on any atom is -0.473 e. The first kappa shape index (κ1) is 35.9. The Balaban J connectivity index is 0.000000673. The maximum absolute atomic E-state index is 14.9. The molecule has 5 rings (SSSR count). The molecular weight excluding hydrogens is 585 g/mol. The summed E-state index contributed by atoms with van der Waals surface area (Å²) in [4.78, 5) is 13.4. The van der Waals surface area contributed by atoms with E-state index >= 15 is 0 Å². The number of rotatable bonds is 8. The molecule has 0 saturated heterocycles. The molecule has 1 saturated carbocycles. The molecule has 1 heterocycles. The number of nitrogens with two attached hydrogens (primary N) is 2. The zero-order valence-corrected chi connectivity index (χ0v) is 25.3. The number of pyridine rings is 1. The van der Waals surface area contributed by atoms with Gasteiger partial charge in [-0.3, -0.25) is 4.79 Å². The monoisotopic (exact) mass is 623 g/mol. The SMILES string of the molecule is CC.CC.CCOC=O.NN/N=C(\N)c1ccc(-c2cc(COc3cc4c(cn3)C3CC3C4)c(F)cc2C(F)(F)F)c(F)c1. The van der Waals surface area contributed by atoms with Crippen molar-refractivity contribution in [2.75, 3.05) is 6.61 Å². The zero-order chi connectivity index (χ0) is 33.0. The number of nitrogens with zero attached hydrogens (tertiary/aromatic N) is 2. The van der Waals surface area contributed by atoms with Crippen molar-refractivity contribution in [3.63, 3.8) is 0 Å². The van der Waals surface area contributed by atoms with E-state index in [-0.39, 0.29) is 35.0 Å². The molecule has 44 heavy (non-hydrogen) atoms. The van der Waals surface area contributed by atoms with Crippen LogP contribution in [0.4, 0.5) is 22.0 Å². The first-order valence-corrected chi connectivity index (χ1v) is 14.2. The molecule has 5 N–H and O–H groups in total. The van der Waals surface area contributed by atoms with Crippen molar-refractivity contribution in [3.8, 4) is 17.0 Å². The van der Waals surface area contributed by atoms with E-state index in [4.69, 9.17) is 16.3 Å². The molecule has 8 nitrogen and oxygen atoms in total. The number of amidine groups is 1. The van der Waals surface area contributed by atoms with Gasteiger partial charge in [-0.25, -0.2) is 25.1 Å². The molecule has 3 aromatic rings. The molecule has 2 aromatic carbocycles. The van der Waals surface area contributed by atoms with Gasteiger partial charge in [0.25, 0.3) is 6.47 Å². The smallest absolute Gasteiger partial charge is 0.417 e. The zero-order valence-electron chi connectivity index (χ0n) is 25.3. The predicted molar refractivity (Wildman–Crippen MR) is 158 cm³/mol. The van der Waals surface area contributed by atoms with Gasteiger partial charge >= 0.3 is 6.18 Å². The van der Waals surface area contributed by atoms with Crippen LogP contribution in [0.5, 0.6) is 5.88 Å². The number of hydrazone groups is 1. The van der Waals surface area contributed by atoms with Gasteiger partial charge in [-0.2, -0.15) is 13.2 Å². The number of hydrazine groups is 1. The molecular formula is C31H38F5N5O3. The number of alkyl halides is 3. The normalized spacial score (nSPS) is 15.9. The number of hydrogen-bond donors (Lipinski definition) is 3. The summed E-state index contributed by atoms with van der Waals surface area (Å²) in [5.74, 6) is 4.21. The van der Waals surface area contributed by atoms with Crippen LogP contribution in [-0.2, 0) is 28.7 Å². The Bertz CT molecular complexity index is 1430. The highest BCUT2D eigenvalue weighted by atomic mass is 19.4. The fourth-order valence-corrected chi connectivity index (χ4v) is 4.64. The molecule has 2 unspecified atom stereocenters. The molecule has 0 radical (unpaired) electrons. The Hall–Kier alpha value is -4.26. The van der Waals surface area contributed by atoms with E-state index < -0.39 is 28.9 Å². The second-order valence-electron chi connectivity index (χ2n) is 9.18. The number of benzene rings is 2. The molecule has 240 valence electrons. The van der Waals surface area contributed by atoms with Crippen molar-refractivity contribution in [1.82, 2.24) is 10.5 Å². The predicted octanol–water partition coefficient (Wildman–Crippen LogP) is 6.60. The van der Waals surface area contributed by atoms with Gasteiger partial charge in [-0.05, 0) is 66.5 Å². The summed E-state index contributed by atoms with van der Waals surface area (Å²) < 4.78 is 80.4. The van der Waals surface area contributed by atoms with Crippen molar-refractivity contribution in [2.45, 2.75) is 66.2 Å². The van der Waals surface area contributed by atoms with Crippen LogP contribution in [0, 0.1) is 17.6 Å². The van der Waals surface area contributed by atoms with Gasteiger partial charge < -0.3 is 15.2 Å². The maximum atomic E-state index is 14.9. The third-order valence-electron chi connectivity index (χ3n) is 6.65. The third-order valence-corrected chi connectivity index (χ3v) is 6.65. The van der Waals surface area contributed by atoms with Crippen LogP contribution in [0.15, 0.2) is 47.7 Å². The highest BCUT2D eigenvalue weighted by Crippen LogP contribution is 2.56. The Morgan fingerprint density at radius 2 is 1.80 bits per heavy atom. The number of aromatic nitrogens is 1. The summed E-state index contributed by atoms with van der Waals surface area (Å²) in [6, 6.07) is 6.39. The molecule has 2 aliphatic carbocycles. The fraction of sp³-hybridized carbons (Fsp3) is 0.387. The number of nitrogens with one attached hydrogen (secondary N) is 1. The van der Waals surface area contributed by atoms with Crippen molar-refractivity contribution in [1.29, 1.82) is 0 Å². The molecule has 0 bridgehead atoms. The number of carbonyl (C=O) groups is 1. The van der Waals surface area contributed by atoms with Crippen molar-refractivity contribution < 1.29 is 36.2 Å². The molecule has 2 aliphatic rings. The van der Waals surface area contributed by atoms with Crippen LogP contribution in [0.2, 0.25) is 0 Å². The van der Waals surface area contributed by atoms with Crippen LogP contribution < -0.4 is 21.8 Å². The number of hydrogen-bond acceptors (Lipinski definition) is 7. The Morgan fingerprint density at radius 1 is 1.09 bits per heavy atom. The van der Waals surface area contributed by atoms with E-state index in [0.717, 1.165) is 36.6 Å². The van der Waals surface area contributed by atoms with E-state index in [2.05, 4.69) is 14.8 Å². The quantitative estimate of drug-likeness (QED) is 0.0645. The number of carbonyl (C=O) groups excluding carboxylic acids is 1. The number of halogens is 5. The van der Waals surface area contributed by atoms with Crippen LogP contribution in [0.25, 0.3) is 11.1 Å². The standard InChI is InChI=1S/C24H20F5N5O.C3H6O2.2C2H6/c25-20-8-19(24(27,28)29)17(15-2-1-11(6-21(15)26)23(30)33-34-31)5-14(20)10-35-22-7-13-3-12-4-16(12)18(13)9-32-22;1-2-5-3-4;2*1-2/h1-2,5-9,12,16,34H,3-4,10,31H2,(H2,30,33);3H,2H2,1H3;2*1-2H3. The summed E-state index contributed by atoms with van der Waals surface area (Å²) in [7, 11) is 0. The Morgan fingerprint density at radius 3 is 2.36 bits per heavy atom. The van der Waals surface area contributed by atoms with Gasteiger partial charge in [-0.15, -0.1) is 5.10 Å². The Labute approximate surface area is 253 Å². The average molecular weight is 624 g/mol. The van der Waals surface area contributed by atoms with Crippen molar-refractivity contribution in [2.24, 2.45) is 22.6 Å². The largest absolute Gasteiger partial charge is 0.473 e. The van der Waals surface area contributed by atoms with Crippen LogP contribution in [0.1, 0.15) is 74.8 Å². The molecule has 2 atom stereocenters. The first-order valence-electron chi connectivity index (χ1n) is 14.2. The highest BCUT2D eigenvalue weighted by molar-refractivity contribution is 5.97. The summed E-state index contributed by atoms with van der Waals surface area (Å²) in [5.41, 5.74) is 7.60. The van der Waals surface area contributed by atoms with Crippen LogP contribution >= 0.6 is 0 Å². The molecule has 0 amide bonds. The van der Waals surface area contributed by atoms with Gasteiger partial charge in [0, 0.05) is 29.0 Å². The second-order valence-corrected chi connectivity index (χ2v) is 9.18. The topological polar surface area (TPSA) is 125 Å². The average Bonchev–Trinajstić information content (AvgIpc) is 3.69. The van der Waals surface area contributed by atoms with E-state index in [0.29, 0.717) is 31.0 Å². The lowest BCUT2D eigenvalue weighted by Gasteiger charge is -2.17. The number of fused-ring (bicyclic) bond motifs is 3. The van der Waals surface area contributed by atoms with Gasteiger partial charge in [-0.1, -0.05) is 39.8 Å². The van der Waals surface area contributed by atoms with E-state index in [9.17, 15) is 26.7 Å². The summed E-state index contributed by atoms with van der Waals surface area (Å²) in [6.45, 7) is 10.3. The lowest BCUT2D eigenvalue weighted by molar-refractivity contribution is -0.137. The first-order chi connectivity index (χ1) is 21.1. The lowest BCUT2D eigenvalue weighted by Crippen LogP contribution is -2.23. The summed E-state index contributed by atoms with van der Waals surface area (Å²) in [6.07, 6.45) is -1.09. The fourth-order valence-electron chi connectivity index (χ4n) is 4.64. The minimum absolute atomic E-state index is 0.101. The molecule has 0 spiro atoms. The lowest BCUT2D eigenvalue weighted by atomic mass is 9.95. The van der Waals surface area contributed by atoms with Crippen LogP contribution in [-0.4, -0.2) is 23.9 Å². The number of ether oxygens (including phenoxy) is 2. The van der Waals surface area contributed by atoms with Crippen molar-refractivity contribution in [3.05, 3.63) is 82.0 Å². The van der Waals surface area contributed by atoms with E-state index in [1.54, 1.807) is 19.2 Å². The minimum atomic E-state index is -4.92. The summed E-state index contributed by atoms with van der Waals surface area (Å²) in [5, 5.41) is 3.51. The highest BCUT2D eigenvalue weighted by Gasteiger charge is 2.45. The summed E-state index contributed by atoms with van der Waals surface area (Å²) >= 11 is 0. The Kier molecular flexibility index (Phi) is 13.5. The van der Waals surface area contributed by atoms with Gasteiger partial charge in [0.1, 0.15) is 18.2 Å². The molecule has 1 fully saturated rings. The van der Waals surface area contributed by atoms with Gasteiger partial charge in [0.2, 0.25) is 5.88 Å². The van der Waals surface area contributed by atoms with Gasteiger partial charge in [0.05, 0.1) is 12.2 Å². The third kappa shape index (κ3) is 8.88. The molecule has 1 aromatic heterocycles. The van der Waals surface area contributed by atoms with Crippen LogP contribution in [0.3, 0.4) is 0 Å². The van der Waals surface area contributed by atoms with Crippen molar-refractivity contribution >= 4 is 12.3 Å². The second kappa shape index (κ2) is 16.6. The van der Waals surface area contributed by atoms with E-state index in [1.807, 2.05) is 33.2 Å². The molecule has 13 heteroatoms.